The van der Waals surface area contributed by atoms with E-state index in [9.17, 15) is 0 Å². The molecule has 126 valence electrons. The molecular weight excluding hydrogens is 274 g/mol. The summed E-state index contributed by atoms with van der Waals surface area (Å²) >= 11 is 0. The minimum absolute atomic E-state index is 0. The summed E-state index contributed by atoms with van der Waals surface area (Å²) in [5.41, 5.74) is -0.458. The fraction of sp³-hybridized carbons (Fsp3) is 1.00. The molecule has 0 aromatic carbocycles. The zero-order valence-corrected chi connectivity index (χ0v) is 15.4. The Labute approximate surface area is 133 Å². The third-order valence-electron chi connectivity index (χ3n) is 3.87. The van der Waals surface area contributed by atoms with E-state index in [0.29, 0.717) is 0 Å². The zero-order valence-electron chi connectivity index (χ0n) is 14.6. The van der Waals surface area contributed by atoms with Crippen molar-refractivity contribution in [2.24, 2.45) is 0 Å². The molecule has 0 fully saturated rings. The summed E-state index contributed by atoms with van der Waals surface area (Å²) in [7, 11) is 0. The van der Waals surface area contributed by atoms with Crippen molar-refractivity contribution >= 4 is 12.4 Å². The van der Waals surface area contributed by atoms with Gasteiger partial charge in [-0.25, -0.2) is 0 Å². The molecule has 0 spiro atoms. The van der Waals surface area contributed by atoms with Crippen molar-refractivity contribution in [1.82, 2.24) is 6.15 Å². The molecule has 3 N–H and O–H groups in total. The van der Waals surface area contributed by atoms with E-state index in [1.54, 1.807) is 0 Å². The molecule has 0 heterocycles. The molecule has 0 aliphatic rings. The average molecular weight is 312 g/mol. The summed E-state index contributed by atoms with van der Waals surface area (Å²) in [6, 6.07) is 0. The van der Waals surface area contributed by atoms with E-state index < -0.39 is 0 Å². The maximum Gasteiger partial charge on any atom is 0.0909 e. The van der Waals surface area contributed by atoms with E-state index in [4.69, 9.17) is 9.47 Å². The first-order valence-electron chi connectivity index (χ1n) is 7.65. The summed E-state index contributed by atoms with van der Waals surface area (Å²) in [6.45, 7) is 14.7. The van der Waals surface area contributed by atoms with Crippen LogP contribution in [0.25, 0.3) is 0 Å². The summed E-state index contributed by atoms with van der Waals surface area (Å²) in [5.74, 6) is 0. The van der Waals surface area contributed by atoms with Gasteiger partial charge in [0.2, 0.25) is 0 Å². The molecule has 0 bridgehead atoms. The Morgan fingerprint density at radius 2 is 0.950 bits per heavy atom. The number of hydrogen-bond donors (Lipinski definition) is 1. The predicted molar refractivity (Wildman–Crippen MR) is 91.4 cm³/mol. The highest BCUT2D eigenvalue weighted by Crippen LogP contribution is 2.29. The largest absolute Gasteiger partial charge is 0.373 e. The second kappa shape index (κ2) is 12.9. The van der Waals surface area contributed by atoms with Gasteiger partial charge in [0.15, 0.2) is 0 Å². The molecule has 0 saturated heterocycles. The molecular formula is C16H38ClNO2. The Morgan fingerprint density at radius 1 is 0.650 bits per heavy atom. The standard InChI is InChI=1S/C16H34O2.ClH.H3N/c1-7-9-11-13-17-15(3,4)16(5,6)18-14-12-10-8-2;;/h7-14H2,1-6H3;1H;1H3. The number of ether oxygens (including phenoxy) is 2. The first kappa shape index (κ1) is 25.1. The lowest BCUT2D eigenvalue weighted by molar-refractivity contribution is -0.177. The molecule has 0 atom stereocenters. The maximum absolute atomic E-state index is 6.03. The molecule has 0 radical (unpaired) electrons. The van der Waals surface area contributed by atoms with Gasteiger partial charge in [0.25, 0.3) is 0 Å². The van der Waals surface area contributed by atoms with Crippen LogP contribution in [0.1, 0.15) is 80.1 Å². The quantitative estimate of drug-likeness (QED) is 0.509. The first-order chi connectivity index (χ1) is 8.37. The second-order valence-electron chi connectivity index (χ2n) is 6.13. The van der Waals surface area contributed by atoms with E-state index in [2.05, 4.69) is 41.5 Å². The molecule has 20 heavy (non-hydrogen) atoms. The van der Waals surface area contributed by atoms with Crippen LogP contribution in [-0.2, 0) is 9.47 Å². The van der Waals surface area contributed by atoms with Crippen molar-refractivity contribution in [1.29, 1.82) is 0 Å². The van der Waals surface area contributed by atoms with Gasteiger partial charge in [0.1, 0.15) is 0 Å². The molecule has 4 heteroatoms. The van der Waals surface area contributed by atoms with Crippen LogP contribution in [0.15, 0.2) is 0 Å². The van der Waals surface area contributed by atoms with Gasteiger partial charge >= 0.3 is 0 Å². The normalized spacial score (nSPS) is 11.7. The van der Waals surface area contributed by atoms with Crippen LogP contribution in [-0.4, -0.2) is 24.4 Å². The Kier molecular flexibility index (Phi) is 16.2. The molecule has 0 saturated carbocycles. The summed E-state index contributed by atoms with van der Waals surface area (Å²) < 4.78 is 12.1. The van der Waals surface area contributed by atoms with Crippen LogP contribution < -0.4 is 6.15 Å². The summed E-state index contributed by atoms with van der Waals surface area (Å²) in [6.07, 6.45) is 7.25. The van der Waals surface area contributed by atoms with Crippen molar-refractivity contribution in [2.45, 2.75) is 91.3 Å². The fourth-order valence-corrected chi connectivity index (χ4v) is 1.71. The minimum Gasteiger partial charge on any atom is -0.373 e. The third kappa shape index (κ3) is 9.98. The van der Waals surface area contributed by atoms with E-state index in [1.165, 1.54) is 25.7 Å². The van der Waals surface area contributed by atoms with Gasteiger partial charge in [0, 0.05) is 13.2 Å². The van der Waals surface area contributed by atoms with Gasteiger partial charge in [-0.05, 0) is 40.5 Å². The van der Waals surface area contributed by atoms with Crippen molar-refractivity contribution in [2.75, 3.05) is 13.2 Å². The average Bonchev–Trinajstić information content (AvgIpc) is 2.30. The van der Waals surface area contributed by atoms with Gasteiger partial charge in [-0.1, -0.05) is 39.5 Å². The predicted octanol–water partition coefficient (Wildman–Crippen LogP) is 5.54. The fourth-order valence-electron chi connectivity index (χ4n) is 1.71. The maximum atomic E-state index is 6.03. The van der Waals surface area contributed by atoms with Gasteiger partial charge in [-0.3, -0.25) is 0 Å². The van der Waals surface area contributed by atoms with Gasteiger partial charge in [-0.2, -0.15) is 0 Å². The molecule has 0 aliphatic carbocycles. The highest BCUT2D eigenvalue weighted by molar-refractivity contribution is 5.85. The van der Waals surface area contributed by atoms with Crippen LogP contribution in [0.2, 0.25) is 0 Å². The van der Waals surface area contributed by atoms with Crippen molar-refractivity contribution in [3.05, 3.63) is 0 Å². The molecule has 0 rings (SSSR count). The van der Waals surface area contributed by atoms with E-state index in [0.717, 1.165) is 26.1 Å². The zero-order chi connectivity index (χ0) is 14.1. The van der Waals surface area contributed by atoms with Crippen molar-refractivity contribution < 1.29 is 9.47 Å². The van der Waals surface area contributed by atoms with Crippen LogP contribution in [0.4, 0.5) is 0 Å². The van der Waals surface area contributed by atoms with Gasteiger partial charge in [-0.15, -0.1) is 12.4 Å². The van der Waals surface area contributed by atoms with Crippen LogP contribution >= 0.6 is 12.4 Å². The number of rotatable bonds is 11. The molecule has 0 amide bonds. The second-order valence-corrected chi connectivity index (χ2v) is 6.13. The summed E-state index contributed by atoms with van der Waals surface area (Å²) in [4.78, 5) is 0. The Bertz CT molecular complexity index is 187. The van der Waals surface area contributed by atoms with E-state index in [-0.39, 0.29) is 29.8 Å². The lowest BCUT2D eigenvalue weighted by Gasteiger charge is -2.41. The highest BCUT2D eigenvalue weighted by Gasteiger charge is 2.38. The minimum atomic E-state index is -0.229. The third-order valence-corrected chi connectivity index (χ3v) is 3.87. The van der Waals surface area contributed by atoms with Crippen LogP contribution in [0, 0.1) is 0 Å². The SMILES string of the molecule is CCCCCOC(C)(C)C(C)(C)OCCCCC.Cl.N. The monoisotopic (exact) mass is 311 g/mol. The van der Waals surface area contributed by atoms with E-state index in [1.807, 2.05) is 0 Å². The highest BCUT2D eigenvalue weighted by atomic mass is 35.5. The molecule has 0 unspecified atom stereocenters. The number of hydrogen-bond acceptors (Lipinski definition) is 3. The Hall–Kier alpha value is 0.170. The van der Waals surface area contributed by atoms with Gasteiger partial charge in [0.05, 0.1) is 11.2 Å². The van der Waals surface area contributed by atoms with E-state index >= 15 is 0 Å². The Balaban J connectivity index is -0.00000144. The molecule has 0 aromatic rings. The smallest absolute Gasteiger partial charge is 0.0909 e. The molecule has 3 nitrogen and oxygen atoms in total. The Morgan fingerprint density at radius 3 is 1.20 bits per heavy atom. The summed E-state index contributed by atoms with van der Waals surface area (Å²) in [5, 5.41) is 0. The lowest BCUT2D eigenvalue weighted by atomic mass is 9.89. The van der Waals surface area contributed by atoms with Crippen molar-refractivity contribution in [3.63, 3.8) is 0 Å². The van der Waals surface area contributed by atoms with Crippen LogP contribution in [0.3, 0.4) is 0 Å². The van der Waals surface area contributed by atoms with Gasteiger partial charge < -0.3 is 15.6 Å². The lowest BCUT2D eigenvalue weighted by Crippen LogP contribution is -2.49. The molecule has 0 aromatic heterocycles. The first-order valence-corrected chi connectivity index (χ1v) is 7.65. The number of unbranched alkanes of at least 4 members (excludes halogenated alkanes) is 4. The number of halogens is 1. The topological polar surface area (TPSA) is 53.5 Å². The van der Waals surface area contributed by atoms with Crippen LogP contribution in [0.5, 0.6) is 0 Å². The van der Waals surface area contributed by atoms with Crippen molar-refractivity contribution in [3.8, 4) is 0 Å². The molecule has 0 aliphatic heterocycles.